The van der Waals surface area contributed by atoms with Gasteiger partial charge in [-0.15, -0.1) is 0 Å². The smallest absolute Gasteiger partial charge is 0.365 e. The Morgan fingerprint density at radius 1 is 1.34 bits per heavy atom. The number of esters is 1. The molecular weight excluding hydrogens is 628 g/mol. The van der Waals surface area contributed by atoms with Crippen molar-refractivity contribution in [2.45, 2.75) is 88.5 Å². The molecule has 3 N–H and O–H groups in total. The molecule has 3 aromatic heterocycles. The van der Waals surface area contributed by atoms with Crippen LogP contribution in [0.3, 0.4) is 0 Å². The molecular formula is C29H38N10O7Si. The highest BCUT2D eigenvalue weighted by atomic mass is 28.3. The maximum Gasteiger partial charge on any atom is 0.365 e. The van der Waals surface area contributed by atoms with Crippen molar-refractivity contribution in [2.24, 2.45) is 0 Å². The summed E-state index contributed by atoms with van der Waals surface area (Å²) in [4.78, 5) is 45.5. The number of nitriles is 1. The van der Waals surface area contributed by atoms with E-state index < -0.39 is 24.4 Å². The summed E-state index contributed by atoms with van der Waals surface area (Å²) >= 11 is 0. The summed E-state index contributed by atoms with van der Waals surface area (Å²) in [5, 5.41) is 43.3. The maximum atomic E-state index is 13.2. The Morgan fingerprint density at radius 3 is 2.74 bits per heavy atom. The number of aliphatic hydroxyl groups is 1. The zero-order valence-electron chi connectivity index (χ0n) is 26.7. The van der Waals surface area contributed by atoms with E-state index in [4.69, 9.17) is 10.00 Å². The number of aromatic nitrogens is 6. The molecule has 0 bridgehead atoms. The van der Waals surface area contributed by atoms with Gasteiger partial charge in [-0.3, -0.25) is 24.9 Å². The van der Waals surface area contributed by atoms with Crippen LogP contribution in [0.5, 0.6) is 0 Å². The molecule has 250 valence electrons. The summed E-state index contributed by atoms with van der Waals surface area (Å²) in [6.07, 6.45) is 8.85. The summed E-state index contributed by atoms with van der Waals surface area (Å²) in [6, 6.07) is 2.94. The summed E-state index contributed by atoms with van der Waals surface area (Å²) < 4.78 is 11.1. The second kappa shape index (κ2) is 13.6. The molecule has 1 aliphatic heterocycles. The van der Waals surface area contributed by atoms with E-state index in [0.29, 0.717) is 30.5 Å². The molecule has 3 aliphatic rings. The van der Waals surface area contributed by atoms with E-state index in [-0.39, 0.29) is 41.9 Å². The minimum Gasteiger partial charge on any atom is -0.464 e. The fourth-order valence-electron chi connectivity index (χ4n) is 5.70. The van der Waals surface area contributed by atoms with Crippen molar-refractivity contribution >= 4 is 43.1 Å². The molecule has 1 spiro atoms. The number of nitrogens with one attached hydrogen (secondary N) is 2. The first-order valence-corrected chi connectivity index (χ1v) is 19.1. The lowest BCUT2D eigenvalue weighted by Gasteiger charge is -2.33. The number of aliphatic hydroxyl groups excluding tert-OH is 1. The number of carbonyl (C=O) groups is 2. The first kappa shape index (κ1) is 33.6. The first-order valence-electron chi connectivity index (χ1n) is 15.3. The van der Waals surface area contributed by atoms with Gasteiger partial charge in [0.15, 0.2) is 5.69 Å². The number of nitrogens with zero attached hydrogens (tertiary/aromatic N) is 8. The highest BCUT2D eigenvalue weighted by Gasteiger charge is 2.61. The SMILES string of the molecule is COC(=O)c1nn(COCC[Si](C)(C)C)cc1[N+](=O)[O-].N#Cc1n[nH]cc1Nc1ncc2c(n1)N([C@@H]1CCC[C@@H](O)C1)C(=O)C21CC1. The monoisotopic (exact) mass is 666 g/mol. The number of hydrogen-bond acceptors (Lipinski definition) is 13. The molecule has 18 heteroatoms. The third-order valence-electron chi connectivity index (χ3n) is 8.41. The van der Waals surface area contributed by atoms with Crippen molar-refractivity contribution in [1.29, 1.82) is 5.26 Å². The van der Waals surface area contributed by atoms with E-state index >= 15 is 0 Å². The van der Waals surface area contributed by atoms with Crippen LogP contribution in [0.1, 0.15) is 60.3 Å². The molecule has 1 amide bonds. The van der Waals surface area contributed by atoms with Gasteiger partial charge in [0.1, 0.15) is 24.8 Å². The topological polar surface area (TPSA) is 227 Å². The van der Waals surface area contributed by atoms with Crippen LogP contribution in [0.2, 0.25) is 25.7 Å². The van der Waals surface area contributed by atoms with Crippen molar-refractivity contribution in [1.82, 2.24) is 29.9 Å². The Bertz CT molecular complexity index is 1690. The first-order chi connectivity index (χ1) is 22.4. The number of hydrogen-bond donors (Lipinski definition) is 3. The maximum absolute atomic E-state index is 13.2. The highest BCUT2D eigenvalue weighted by Crippen LogP contribution is 2.57. The molecule has 2 saturated carbocycles. The van der Waals surface area contributed by atoms with Gasteiger partial charge in [-0.25, -0.2) is 14.5 Å². The zero-order valence-corrected chi connectivity index (χ0v) is 27.7. The van der Waals surface area contributed by atoms with E-state index in [1.807, 2.05) is 6.07 Å². The van der Waals surface area contributed by atoms with E-state index in [1.54, 1.807) is 17.3 Å². The van der Waals surface area contributed by atoms with Gasteiger partial charge in [0.05, 0.1) is 29.2 Å². The summed E-state index contributed by atoms with van der Waals surface area (Å²) in [5.74, 6) is 0.205. The van der Waals surface area contributed by atoms with Gasteiger partial charge < -0.3 is 19.9 Å². The van der Waals surface area contributed by atoms with Gasteiger partial charge in [0, 0.05) is 38.7 Å². The molecule has 0 unspecified atom stereocenters. The summed E-state index contributed by atoms with van der Waals surface area (Å²) in [5.41, 5.74) is 0.426. The number of H-pyrrole nitrogens is 1. The summed E-state index contributed by atoms with van der Waals surface area (Å²) in [6.45, 7) is 7.32. The van der Waals surface area contributed by atoms with Crippen LogP contribution in [0, 0.1) is 21.4 Å². The molecule has 0 aromatic carbocycles. The number of methoxy groups -OCH3 is 1. The van der Waals surface area contributed by atoms with Gasteiger partial charge in [0.2, 0.25) is 17.5 Å². The van der Waals surface area contributed by atoms with Crippen LogP contribution in [0.25, 0.3) is 0 Å². The van der Waals surface area contributed by atoms with Gasteiger partial charge in [0.25, 0.3) is 0 Å². The average Bonchev–Trinajstić information content (AvgIpc) is 3.40. The zero-order chi connectivity index (χ0) is 33.9. The Labute approximate surface area is 271 Å². The van der Waals surface area contributed by atoms with Crippen LogP contribution in [-0.2, 0) is 26.4 Å². The van der Waals surface area contributed by atoms with Gasteiger partial charge in [-0.1, -0.05) is 19.6 Å². The quantitative estimate of drug-likeness (QED) is 0.0928. The number of fused-ring (bicyclic) bond motifs is 2. The van der Waals surface area contributed by atoms with Crippen molar-refractivity contribution in [3.8, 4) is 6.07 Å². The molecule has 17 nitrogen and oxygen atoms in total. The molecule has 2 atom stereocenters. The summed E-state index contributed by atoms with van der Waals surface area (Å²) in [7, 11) is -0.0313. The van der Waals surface area contributed by atoms with Crippen molar-refractivity contribution in [3.05, 3.63) is 45.7 Å². The molecule has 47 heavy (non-hydrogen) atoms. The Kier molecular flexibility index (Phi) is 9.70. The normalized spacial score (nSPS) is 19.4. The number of amides is 1. The standard InChI is InChI=1S/C18H19N7O2.C11H19N3O5Si/c19-7-13-14(9-21-24-13)22-17-20-8-12-15(23-17)25(16(27)18(12)4-5-18)10-2-1-3-11(26)6-10;1-18-11(15)10-9(14(16)17)7-13(12-10)8-19-5-6-20(2,3)4/h8-11,26H,1-6H2,(H,21,24)(H,20,22,23);7H,5-6,8H2,1-4H3/t10-,11-;/m1./s1. The minimum atomic E-state index is -1.18. The number of nitro groups is 1. The highest BCUT2D eigenvalue weighted by molar-refractivity contribution is 6.76. The Morgan fingerprint density at radius 2 is 2.11 bits per heavy atom. The van der Waals surface area contributed by atoms with Crippen LogP contribution in [-0.4, -0.2) is 85.8 Å². The van der Waals surface area contributed by atoms with Crippen molar-refractivity contribution < 1.29 is 29.1 Å². The van der Waals surface area contributed by atoms with Crippen LogP contribution in [0.4, 0.5) is 23.1 Å². The number of anilines is 3. The van der Waals surface area contributed by atoms with Crippen LogP contribution < -0.4 is 10.2 Å². The van der Waals surface area contributed by atoms with Crippen molar-refractivity contribution in [2.75, 3.05) is 23.9 Å². The lowest BCUT2D eigenvalue weighted by atomic mass is 9.92. The van der Waals surface area contributed by atoms with E-state index in [9.17, 15) is 24.8 Å². The van der Waals surface area contributed by atoms with Gasteiger partial charge in [-0.2, -0.15) is 20.4 Å². The molecule has 0 saturated heterocycles. The molecule has 2 fully saturated rings. The minimum absolute atomic E-state index is 0.0358. The molecule has 3 aromatic rings. The fourth-order valence-corrected chi connectivity index (χ4v) is 6.45. The van der Waals surface area contributed by atoms with E-state index in [2.05, 4.69) is 55.0 Å². The third-order valence-corrected chi connectivity index (χ3v) is 10.1. The predicted octanol–water partition coefficient (Wildman–Crippen LogP) is 3.39. The number of carbonyl (C=O) groups excluding carboxylic acids is 2. The average molecular weight is 667 g/mol. The third kappa shape index (κ3) is 7.31. The molecule has 2 aliphatic carbocycles. The Hall–Kier alpha value is -4.73. The lowest BCUT2D eigenvalue weighted by molar-refractivity contribution is -0.385. The number of ether oxygens (including phenoxy) is 2. The lowest BCUT2D eigenvalue weighted by Crippen LogP contribution is -2.44. The molecule has 4 heterocycles. The Balaban J connectivity index is 0.000000195. The van der Waals surface area contributed by atoms with E-state index in [0.717, 1.165) is 50.8 Å². The largest absolute Gasteiger partial charge is 0.464 e. The van der Waals surface area contributed by atoms with Gasteiger partial charge in [-0.05, 0) is 44.6 Å². The van der Waals surface area contributed by atoms with E-state index in [1.165, 1.54) is 10.9 Å². The molecule has 6 rings (SSSR count). The number of aromatic amines is 1. The molecule has 0 radical (unpaired) electrons. The second-order valence-electron chi connectivity index (χ2n) is 13.0. The van der Waals surface area contributed by atoms with Crippen molar-refractivity contribution in [3.63, 3.8) is 0 Å². The van der Waals surface area contributed by atoms with Crippen LogP contribution >= 0.6 is 0 Å². The second-order valence-corrected chi connectivity index (χ2v) is 18.7. The number of rotatable bonds is 10. The van der Waals surface area contributed by atoms with Gasteiger partial charge >= 0.3 is 11.7 Å². The predicted molar refractivity (Wildman–Crippen MR) is 170 cm³/mol. The van der Waals surface area contributed by atoms with Crippen LogP contribution in [0.15, 0.2) is 18.6 Å². The fraction of sp³-hybridized carbons (Fsp3) is 0.552.